The molecule has 0 aromatic heterocycles. The SMILES string of the molecule is COC(=O)C1=NN[C@@H]2C(=O)N(c3cccc(C)c3)C(=O)[C@H]12. The van der Waals surface area contributed by atoms with E-state index >= 15 is 0 Å². The van der Waals surface area contributed by atoms with Crippen molar-refractivity contribution in [2.24, 2.45) is 11.0 Å². The van der Waals surface area contributed by atoms with Crippen LogP contribution in [0.5, 0.6) is 0 Å². The largest absolute Gasteiger partial charge is 0.464 e. The van der Waals surface area contributed by atoms with Crippen LogP contribution in [0.1, 0.15) is 5.56 Å². The Morgan fingerprint density at radius 2 is 2.10 bits per heavy atom. The lowest BCUT2D eigenvalue weighted by atomic mass is 9.99. The molecule has 2 amide bonds. The van der Waals surface area contributed by atoms with Crippen LogP contribution < -0.4 is 10.3 Å². The maximum atomic E-state index is 12.5. The number of amides is 2. The van der Waals surface area contributed by atoms with Crippen LogP contribution in [0.3, 0.4) is 0 Å². The first-order valence-corrected chi connectivity index (χ1v) is 6.40. The molecule has 3 rings (SSSR count). The molecule has 0 unspecified atom stereocenters. The minimum Gasteiger partial charge on any atom is -0.464 e. The number of nitrogens with one attached hydrogen (secondary N) is 1. The minimum absolute atomic E-state index is 0.0593. The van der Waals surface area contributed by atoms with Crippen molar-refractivity contribution in [1.82, 2.24) is 5.43 Å². The lowest BCUT2D eigenvalue weighted by Gasteiger charge is -2.16. The molecule has 0 bridgehead atoms. The van der Waals surface area contributed by atoms with Crippen LogP contribution in [0.15, 0.2) is 29.4 Å². The van der Waals surface area contributed by atoms with Gasteiger partial charge < -0.3 is 4.74 Å². The zero-order valence-electron chi connectivity index (χ0n) is 11.5. The summed E-state index contributed by atoms with van der Waals surface area (Å²) < 4.78 is 4.59. The Kier molecular flexibility index (Phi) is 2.97. The van der Waals surface area contributed by atoms with Gasteiger partial charge in [-0.2, -0.15) is 5.10 Å². The van der Waals surface area contributed by atoms with Crippen LogP contribution in [0.2, 0.25) is 0 Å². The van der Waals surface area contributed by atoms with Crippen molar-refractivity contribution in [2.75, 3.05) is 12.0 Å². The monoisotopic (exact) mass is 287 g/mol. The van der Waals surface area contributed by atoms with E-state index in [2.05, 4.69) is 15.3 Å². The molecule has 1 saturated heterocycles. The number of rotatable bonds is 2. The number of carbonyl (C=O) groups is 3. The third-order valence-electron chi connectivity index (χ3n) is 3.58. The van der Waals surface area contributed by atoms with Gasteiger partial charge in [0.25, 0.3) is 5.91 Å². The zero-order chi connectivity index (χ0) is 15.1. The molecule has 0 spiro atoms. The molecule has 0 aliphatic carbocycles. The Hall–Kier alpha value is -2.70. The van der Waals surface area contributed by atoms with Crippen LogP contribution in [0.4, 0.5) is 5.69 Å². The van der Waals surface area contributed by atoms with E-state index in [1.165, 1.54) is 7.11 Å². The van der Waals surface area contributed by atoms with Gasteiger partial charge in [-0.05, 0) is 24.6 Å². The maximum Gasteiger partial charge on any atom is 0.355 e. The van der Waals surface area contributed by atoms with E-state index in [1.807, 2.05) is 13.0 Å². The Morgan fingerprint density at radius 1 is 1.33 bits per heavy atom. The number of hydrogen-bond donors (Lipinski definition) is 1. The van der Waals surface area contributed by atoms with E-state index in [1.54, 1.807) is 18.2 Å². The predicted molar refractivity (Wildman–Crippen MR) is 73.5 cm³/mol. The second-order valence-electron chi connectivity index (χ2n) is 4.92. The fourth-order valence-electron chi connectivity index (χ4n) is 2.58. The lowest BCUT2D eigenvalue weighted by Crippen LogP contribution is -2.36. The van der Waals surface area contributed by atoms with E-state index in [0.717, 1.165) is 10.5 Å². The van der Waals surface area contributed by atoms with Gasteiger partial charge in [0, 0.05) is 0 Å². The van der Waals surface area contributed by atoms with E-state index < -0.39 is 29.7 Å². The van der Waals surface area contributed by atoms with E-state index in [0.29, 0.717) is 5.69 Å². The molecule has 0 saturated carbocycles. The second-order valence-corrected chi connectivity index (χ2v) is 4.92. The molecule has 2 atom stereocenters. The predicted octanol–water partition coefficient (Wildman–Crippen LogP) is -0.0148. The number of hydrazone groups is 1. The van der Waals surface area contributed by atoms with Gasteiger partial charge >= 0.3 is 5.97 Å². The van der Waals surface area contributed by atoms with Crippen LogP contribution in [0.25, 0.3) is 0 Å². The minimum atomic E-state index is -0.925. The number of anilines is 1. The fourth-order valence-corrected chi connectivity index (χ4v) is 2.58. The molecule has 1 N–H and O–H groups in total. The van der Waals surface area contributed by atoms with Gasteiger partial charge in [-0.1, -0.05) is 12.1 Å². The molecule has 0 radical (unpaired) electrons. The third-order valence-corrected chi connectivity index (χ3v) is 3.58. The number of imide groups is 1. The van der Waals surface area contributed by atoms with Gasteiger partial charge in [-0.25, -0.2) is 9.69 Å². The Morgan fingerprint density at radius 3 is 2.76 bits per heavy atom. The second kappa shape index (κ2) is 4.69. The first kappa shape index (κ1) is 13.3. The summed E-state index contributed by atoms with van der Waals surface area (Å²) in [5, 5.41) is 3.76. The Labute approximate surface area is 120 Å². The number of fused-ring (bicyclic) bond motifs is 1. The highest BCUT2D eigenvalue weighted by molar-refractivity contribution is 6.46. The number of esters is 1. The highest BCUT2D eigenvalue weighted by atomic mass is 16.5. The molecular formula is C14H13N3O4. The molecule has 2 heterocycles. The fraction of sp³-hybridized carbons (Fsp3) is 0.286. The molecule has 2 aliphatic heterocycles. The van der Waals surface area contributed by atoms with Crippen molar-refractivity contribution >= 4 is 29.2 Å². The lowest BCUT2D eigenvalue weighted by molar-refractivity contribution is -0.133. The molecule has 7 heteroatoms. The molecular weight excluding hydrogens is 274 g/mol. The summed E-state index contributed by atoms with van der Waals surface area (Å²) in [5.74, 6) is -2.52. The number of aryl methyl sites for hydroxylation is 1. The standard InChI is InChI=1S/C14H13N3O4/c1-7-4-3-5-8(6-7)17-12(18)9-10(13(17)19)15-16-11(9)14(20)21-2/h3-6,9-10,15H,1-2H3/t9-,10-/m0/s1. The van der Waals surface area contributed by atoms with E-state index in [-0.39, 0.29) is 5.71 Å². The van der Waals surface area contributed by atoms with Gasteiger partial charge in [0.05, 0.1) is 12.8 Å². The number of carbonyl (C=O) groups excluding carboxylic acids is 3. The Balaban J connectivity index is 1.98. The van der Waals surface area contributed by atoms with Crippen molar-refractivity contribution in [1.29, 1.82) is 0 Å². The van der Waals surface area contributed by atoms with Crippen molar-refractivity contribution < 1.29 is 19.1 Å². The van der Waals surface area contributed by atoms with Crippen molar-refractivity contribution in [3.63, 3.8) is 0 Å². The average Bonchev–Trinajstić information content (AvgIpc) is 3.00. The van der Waals surface area contributed by atoms with Gasteiger partial charge in [-0.3, -0.25) is 15.0 Å². The molecule has 108 valence electrons. The van der Waals surface area contributed by atoms with Gasteiger partial charge in [0.15, 0.2) is 5.71 Å². The molecule has 1 aromatic rings. The summed E-state index contributed by atoms with van der Waals surface area (Å²) in [5.41, 5.74) is 3.92. The first-order valence-electron chi connectivity index (χ1n) is 6.40. The van der Waals surface area contributed by atoms with Crippen molar-refractivity contribution in [3.05, 3.63) is 29.8 Å². The topological polar surface area (TPSA) is 88.1 Å². The van der Waals surface area contributed by atoms with E-state index in [9.17, 15) is 14.4 Å². The van der Waals surface area contributed by atoms with Crippen LogP contribution in [-0.2, 0) is 19.1 Å². The molecule has 1 fully saturated rings. The quantitative estimate of drug-likeness (QED) is 0.610. The number of methoxy groups -OCH3 is 1. The summed E-state index contributed by atoms with van der Waals surface area (Å²) in [4.78, 5) is 37.6. The molecule has 2 aliphatic rings. The average molecular weight is 287 g/mol. The van der Waals surface area contributed by atoms with Crippen LogP contribution in [-0.4, -0.2) is 36.6 Å². The van der Waals surface area contributed by atoms with Crippen LogP contribution in [0, 0.1) is 12.8 Å². The highest BCUT2D eigenvalue weighted by Gasteiger charge is 2.55. The molecule has 21 heavy (non-hydrogen) atoms. The first-order chi connectivity index (χ1) is 10.0. The van der Waals surface area contributed by atoms with Gasteiger partial charge in [-0.15, -0.1) is 0 Å². The number of nitrogens with zero attached hydrogens (tertiary/aromatic N) is 2. The normalized spacial score (nSPS) is 23.7. The molecule has 1 aromatic carbocycles. The van der Waals surface area contributed by atoms with Crippen molar-refractivity contribution in [2.45, 2.75) is 13.0 Å². The Bertz CT molecular complexity index is 683. The summed E-state index contributed by atoms with van der Waals surface area (Å²) in [6, 6.07) is 6.22. The van der Waals surface area contributed by atoms with Gasteiger partial charge in [0.2, 0.25) is 5.91 Å². The van der Waals surface area contributed by atoms with Crippen molar-refractivity contribution in [3.8, 4) is 0 Å². The highest BCUT2D eigenvalue weighted by Crippen LogP contribution is 2.31. The smallest absolute Gasteiger partial charge is 0.355 e. The van der Waals surface area contributed by atoms with Gasteiger partial charge in [0.1, 0.15) is 12.0 Å². The zero-order valence-corrected chi connectivity index (χ0v) is 11.5. The summed E-state index contributed by atoms with van der Waals surface area (Å²) in [7, 11) is 1.21. The molecule has 7 nitrogen and oxygen atoms in total. The summed E-state index contributed by atoms with van der Waals surface area (Å²) >= 11 is 0. The summed E-state index contributed by atoms with van der Waals surface area (Å²) in [6.45, 7) is 1.87. The number of ether oxygens (including phenoxy) is 1. The third kappa shape index (κ3) is 1.89. The number of benzene rings is 1. The summed E-state index contributed by atoms with van der Waals surface area (Å²) in [6.07, 6.45) is 0. The number of hydrogen-bond acceptors (Lipinski definition) is 6. The van der Waals surface area contributed by atoms with Crippen LogP contribution >= 0.6 is 0 Å². The van der Waals surface area contributed by atoms with E-state index in [4.69, 9.17) is 0 Å². The maximum absolute atomic E-state index is 12.5.